The second-order valence-corrected chi connectivity index (χ2v) is 13.2. The number of nitrogens with zero attached hydrogens (tertiary/aromatic N) is 2. The van der Waals surface area contributed by atoms with Crippen molar-refractivity contribution in [1.82, 2.24) is 9.97 Å². The van der Waals surface area contributed by atoms with Crippen molar-refractivity contribution in [2.24, 2.45) is 0 Å². The molecular weight excluding hydrogens is 573 g/mol. The van der Waals surface area contributed by atoms with Crippen LogP contribution in [0.25, 0.3) is 85.4 Å². The van der Waals surface area contributed by atoms with Gasteiger partial charge in [0.2, 0.25) is 0 Å². The Morgan fingerprint density at radius 2 is 1.05 bits per heavy atom. The molecule has 0 amide bonds. The zero-order valence-electron chi connectivity index (χ0n) is 23.6. The highest BCUT2D eigenvalue weighted by Crippen LogP contribution is 2.38. The monoisotopic (exact) mass is 596 g/mol. The van der Waals surface area contributed by atoms with E-state index in [2.05, 4.69) is 146 Å². The van der Waals surface area contributed by atoms with Gasteiger partial charge in [-0.15, -0.1) is 22.7 Å². The standard InChI is InChI=1S/C40H24N2S2/c1-3-11-30-25(8-1)10-7-13-31(30)26-16-18-27(19-17-26)34-24-35(39-22-28-9-2-5-14-36(28)43-39)42-40(41-34)29-20-21-33-32-12-4-6-15-37(32)44-38(33)23-29/h1-24H. The smallest absolute Gasteiger partial charge is 0.160 e. The Balaban J connectivity index is 1.19. The number of thiophene rings is 2. The molecule has 0 aliphatic carbocycles. The van der Waals surface area contributed by atoms with E-state index in [0.29, 0.717) is 0 Å². The Kier molecular flexibility index (Phi) is 5.90. The number of hydrogen-bond acceptors (Lipinski definition) is 4. The van der Waals surface area contributed by atoms with Crippen LogP contribution in [0.15, 0.2) is 146 Å². The number of rotatable bonds is 4. The van der Waals surface area contributed by atoms with E-state index in [-0.39, 0.29) is 0 Å². The molecule has 3 heterocycles. The van der Waals surface area contributed by atoms with Gasteiger partial charge in [-0.3, -0.25) is 0 Å². The summed E-state index contributed by atoms with van der Waals surface area (Å²) in [6, 6.07) is 52.0. The highest BCUT2D eigenvalue weighted by atomic mass is 32.1. The van der Waals surface area contributed by atoms with Crippen molar-refractivity contribution in [2.45, 2.75) is 0 Å². The van der Waals surface area contributed by atoms with Crippen LogP contribution in [0, 0.1) is 0 Å². The van der Waals surface area contributed by atoms with Crippen molar-refractivity contribution in [3.63, 3.8) is 0 Å². The van der Waals surface area contributed by atoms with Gasteiger partial charge in [0.25, 0.3) is 0 Å². The quantitative estimate of drug-likeness (QED) is 0.202. The van der Waals surface area contributed by atoms with Crippen LogP contribution < -0.4 is 0 Å². The number of aromatic nitrogens is 2. The summed E-state index contributed by atoms with van der Waals surface area (Å²) >= 11 is 3.60. The van der Waals surface area contributed by atoms with Gasteiger partial charge in [-0.05, 0) is 57.6 Å². The van der Waals surface area contributed by atoms with E-state index >= 15 is 0 Å². The van der Waals surface area contributed by atoms with Crippen LogP contribution in [0.4, 0.5) is 0 Å². The van der Waals surface area contributed by atoms with Gasteiger partial charge in [0.1, 0.15) is 0 Å². The molecule has 9 rings (SSSR count). The zero-order valence-corrected chi connectivity index (χ0v) is 25.2. The SMILES string of the molecule is c1ccc2sc(-c3cc(-c4ccc(-c5cccc6ccccc56)cc4)nc(-c4ccc5c(c4)sc4ccccc45)n3)cc2c1. The van der Waals surface area contributed by atoms with Gasteiger partial charge in [0.05, 0.1) is 16.3 Å². The maximum Gasteiger partial charge on any atom is 0.160 e. The van der Waals surface area contributed by atoms with Crippen molar-refractivity contribution in [2.75, 3.05) is 0 Å². The first kappa shape index (κ1) is 25.3. The molecule has 206 valence electrons. The third kappa shape index (κ3) is 4.31. The Labute approximate surface area is 262 Å². The molecule has 0 radical (unpaired) electrons. The Morgan fingerprint density at radius 1 is 0.386 bits per heavy atom. The van der Waals surface area contributed by atoms with E-state index in [9.17, 15) is 0 Å². The molecule has 0 N–H and O–H groups in total. The number of benzene rings is 6. The lowest BCUT2D eigenvalue weighted by Gasteiger charge is -2.10. The molecule has 0 aliphatic heterocycles. The van der Waals surface area contributed by atoms with Crippen molar-refractivity contribution in [3.8, 4) is 44.3 Å². The first-order valence-corrected chi connectivity index (χ1v) is 16.3. The van der Waals surface area contributed by atoms with Crippen molar-refractivity contribution in [1.29, 1.82) is 0 Å². The van der Waals surface area contributed by atoms with Gasteiger partial charge in [-0.1, -0.05) is 115 Å². The van der Waals surface area contributed by atoms with Gasteiger partial charge in [0, 0.05) is 36.0 Å². The van der Waals surface area contributed by atoms with Gasteiger partial charge in [-0.2, -0.15) is 0 Å². The molecule has 0 saturated heterocycles. The summed E-state index contributed by atoms with van der Waals surface area (Å²) in [6.45, 7) is 0. The van der Waals surface area contributed by atoms with Gasteiger partial charge in [-0.25, -0.2) is 9.97 Å². The average Bonchev–Trinajstić information content (AvgIpc) is 3.69. The Bertz CT molecular complexity index is 2460. The molecule has 0 unspecified atom stereocenters. The van der Waals surface area contributed by atoms with Gasteiger partial charge >= 0.3 is 0 Å². The lowest BCUT2D eigenvalue weighted by Crippen LogP contribution is -1.95. The summed E-state index contributed by atoms with van der Waals surface area (Å²) in [4.78, 5) is 11.5. The third-order valence-electron chi connectivity index (χ3n) is 8.32. The van der Waals surface area contributed by atoms with Crippen LogP contribution in [0.2, 0.25) is 0 Å². The van der Waals surface area contributed by atoms with Crippen LogP contribution in [-0.2, 0) is 0 Å². The molecule has 6 aromatic carbocycles. The normalized spacial score (nSPS) is 11.6. The van der Waals surface area contributed by atoms with Crippen LogP contribution >= 0.6 is 22.7 Å². The van der Waals surface area contributed by atoms with E-state index in [0.717, 1.165) is 33.2 Å². The average molecular weight is 597 g/mol. The summed E-state index contributed by atoms with van der Waals surface area (Å²) in [5.74, 6) is 0.743. The second kappa shape index (κ2) is 10.2. The van der Waals surface area contributed by atoms with E-state index in [4.69, 9.17) is 9.97 Å². The van der Waals surface area contributed by atoms with E-state index in [1.165, 1.54) is 52.2 Å². The molecule has 0 spiro atoms. The largest absolute Gasteiger partial charge is 0.228 e. The molecule has 0 aliphatic rings. The topological polar surface area (TPSA) is 25.8 Å². The molecule has 0 saturated carbocycles. The lowest BCUT2D eigenvalue weighted by molar-refractivity contribution is 1.19. The summed E-state index contributed by atoms with van der Waals surface area (Å²) in [7, 11) is 0. The Hall–Kier alpha value is -5.16. The fourth-order valence-electron chi connectivity index (χ4n) is 6.12. The number of hydrogen-bond donors (Lipinski definition) is 0. The minimum atomic E-state index is 0.743. The van der Waals surface area contributed by atoms with Crippen molar-refractivity contribution in [3.05, 3.63) is 146 Å². The van der Waals surface area contributed by atoms with E-state index in [1.807, 2.05) is 11.3 Å². The Morgan fingerprint density at radius 3 is 1.91 bits per heavy atom. The summed E-state index contributed by atoms with van der Waals surface area (Å²) in [5, 5.41) is 6.32. The first-order chi connectivity index (χ1) is 21.8. The highest BCUT2D eigenvalue weighted by Gasteiger charge is 2.15. The summed E-state index contributed by atoms with van der Waals surface area (Å²) < 4.78 is 3.81. The third-order valence-corrected chi connectivity index (χ3v) is 10.6. The van der Waals surface area contributed by atoms with Crippen LogP contribution in [-0.4, -0.2) is 9.97 Å². The predicted octanol–water partition coefficient (Wildman–Crippen LogP) is 11.9. The van der Waals surface area contributed by atoms with Gasteiger partial charge < -0.3 is 0 Å². The predicted molar refractivity (Wildman–Crippen MR) is 190 cm³/mol. The van der Waals surface area contributed by atoms with Crippen LogP contribution in [0.3, 0.4) is 0 Å². The summed E-state index contributed by atoms with van der Waals surface area (Å²) in [5.41, 5.74) is 6.40. The van der Waals surface area contributed by atoms with Crippen molar-refractivity contribution < 1.29 is 0 Å². The molecule has 44 heavy (non-hydrogen) atoms. The maximum absolute atomic E-state index is 5.16. The van der Waals surface area contributed by atoms with Crippen LogP contribution in [0.5, 0.6) is 0 Å². The van der Waals surface area contributed by atoms with E-state index in [1.54, 1.807) is 11.3 Å². The minimum absolute atomic E-state index is 0.743. The minimum Gasteiger partial charge on any atom is -0.228 e. The molecule has 0 fully saturated rings. The molecular formula is C40H24N2S2. The second-order valence-electron chi connectivity index (χ2n) is 11.0. The molecule has 0 bridgehead atoms. The fourth-order valence-corrected chi connectivity index (χ4v) is 8.29. The van der Waals surface area contributed by atoms with Crippen molar-refractivity contribution >= 4 is 63.7 Å². The van der Waals surface area contributed by atoms with Crippen LogP contribution in [0.1, 0.15) is 0 Å². The fraction of sp³-hybridized carbons (Fsp3) is 0. The van der Waals surface area contributed by atoms with Gasteiger partial charge in [0.15, 0.2) is 5.82 Å². The molecule has 9 aromatic rings. The molecule has 0 atom stereocenters. The molecule has 3 aromatic heterocycles. The number of fused-ring (bicyclic) bond motifs is 5. The summed E-state index contributed by atoms with van der Waals surface area (Å²) in [6.07, 6.45) is 0. The molecule has 2 nitrogen and oxygen atoms in total. The zero-order chi connectivity index (χ0) is 29.0. The lowest BCUT2D eigenvalue weighted by atomic mass is 9.97. The maximum atomic E-state index is 5.16. The highest BCUT2D eigenvalue weighted by molar-refractivity contribution is 7.25. The first-order valence-electron chi connectivity index (χ1n) is 14.7. The molecule has 4 heteroatoms. The van der Waals surface area contributed by atoms with E-state index < -0.39 is 0 Å².